The molecule has 0 bridgehead atoms. The van der Waals surface area contributed by atoms with Crippen molar-refractivity contribution in [1.29, 1.82) is 0 Å². The molecule has 1 aliphatic carbocycles. The fourth-order valence-electron chi connectivity index (χ4n) is 3.01. The first-order valence-electron chi connectivity index (χ1n) is 7.50. The van der Waals surface area contributed by atoms with Crippen molar-refractivity contribution in [2.45, 2.75) is 39.5 Å². The smallest absolute Gasteiger partial charge is 0.123 e. The summed E-state index contributed by atoms with van der Waals surface area (Å²) in [6.45, 7) is 10.1. The number of phenols is 2. The van der Waals surface area contributed by atoms with Crippen LogP contribution in [0.1, 0.15) is 44.2 Å². The van der Waals surface area contributed by atoms with Crippen molar-refractivity contribution in [3.8, 4) is 11.5 Å². The summed E-state index contributed by atoms with van der Waals surface area (Å²) in [6.07, 6.45) is 8.09. The maximum atomic E-state index is 10.4. The zero-order chi connectivity index (χ0) is 15.6. The summed E-state index contributed by atoms with van der Waals surface area (Å²) in [5, 5.41) is 20.8. The zero-order valence-electron chi connectivity index (χ0n) is 13.1. The minimum atomic E-state index is -0.0665. The predicted molar refractivity (Wildman–Crippen MR) is 87.7 cm³/mol. The number of phenolic OH excluding ortho intramolecular Hbond substituents is 2. The molecule has 0 saturated heterocycles. The van der Waals surface area contributed by atoms with Crippen molar-refractivity contribution in [2.75, 3.05) is 0 Å². The summed E-state index contributed by atoms with van der Waals surface area (Å²) in [7, 11) is 0. The highest BCUT2D eigenvalue weighted by molar-refractivity contribution is 5.53. The van der Waals surface area contributed by atoms with Crippen LogP contribution < -0.4 is 0 Å². The topological polar surface area (TPSA) is 40.5 Å². The van der Waals surface area contributed by atoms with Crippen LogP contribution in [0.15, 0.2) is 48.1 Å². The Morgan fingerprint density at radius 1 is 1.24 bits per heavy atom. The van der Waals surface area contributed by atoms with Gasteiger partial charge in [0.1, 0.15) is 11.5 Å². The molecule has 0 aromatic heterocycles. The molecule has 0 spiro atoms. The van der Waals surface area contributed by atoms with Crippen molar-refractivity contribution in [3.63, 3.8) is 0 Å². The Morgan fingerprint density at radius 3 is 2.38 bits per heavy atom. The summed E-state index contributed by atoms with van der Waals surface area (Å²) >= 11 is 0. The highest BCUT2D eigenvalue weighted by Gasteiger charge is 2.27. The van der Waals surface area contributed by atoms with E-state index in [4.69, 9.17) is 0 Å². The van der Waals surface area contributed by atoms with Gasteiger partial charge in [0.05, 0.1) is 0 Å². The molecule has 21 heavy (non-hydrogen) atoms. The van der Waals surface area contributed by atoms with Crippen molar-refractivity contribution in [3.05, 3.63) is 59.2 Å². The van der Waals surface area contributed by atoms with E-state index in [0.29, 0.717) is 5.56 Å². The third-order valence-corrected chi connectivity index (χ3v) is 4.03. The highest BCUT2D eigenvalue weighted by atomic mass is 16.3. The molecule has 2 N–H and O–H groups in total. The Balaban J connectivity index is 2.49. The summed E-state index contributed by atoms with van der Waals surface area (Å²) < 4.78 is 0. The third kappa shape index (κ3) is 3.21. The van der Waals surface area contributed by atoms with E-state index in [-0.39, 0.29) is 23.3 Å². The van der Waals surface area contributed by atoms with Gasteiger partial charge in [0.15, 0.2) is 0 Å². The molecule has 0 unspecified atom stereocenters. The maximum Gasteiger partial charge on any atom is 0.123 e. The molecular formula is C19H24O2. The lowest BCUT2D eigenvalue weighted by Gasteiger charge is -2.28. The minimum absolute atomic E-state index is 0.0665. The van der Waals surface area contributed by atoms with Crippen LogP contribution in [0.25, 0.3) is 0 Å². The van der Waals surface area contributed by atoms with E-state index in [2.05, 4.69) is 31.7 Å². The van der Waals surface area contributed by atoms with Gasteiger partial charge < -0.3 is 10.2 Å². The van der Waals surface area contributed by atoms with Crippen LogP contribution in [-0.2, 0) is 6.42 Å². The second kappa shape index (κ2) is 6.21. The normalized spacial score (nSPS) is 21.2. The van der Waals surface area contributed by atoms with Crippen molar-refractivity contribution >= 4 is 0 Å². The number of hydrogen-bond acceptors (Lipinski definition) is 2. The average Bonchev–Trinajstić information content (AvgIpc) is 2.38. The van der Waals surface area contributed by atoms with Crippen LogP contribution >= 0.6 is 0 Å². The lowest BCUT2D eigenvalue weighted by Crippen LogP contribution is -2.13. The van der Waals surface area contributed by atoms with Crippen LogP contribution in [0, 0.1) is 5.92 Å². The molecular weight excluding hydrogens is 260 g/mol. The SMILES string of the molecule is C=C(C)[C@H]1C=CC(C)=C[C@H]1c1c(O)cc(CCC)cc1O. The molecule has 112 valence electrons. The van der Waals surface area contributed by atoms with Gasteiger partial charge in [-0.2, -0.15) is 0 Å². The van der Waals surface area contributed by atoms with Crippen LogP contribution in [0.3, 0.4) is 0 Å². The Kier molecular flexibility index (Phi) is 4.56. The van der Waals surface area contributed by atoms with Crippen LogP contribution in [0.2, 0.25) is 0 Å². The van der Waals surface area contributed by atoms with Gasteiger partial charge in [0.25, 0.3) is 0 Å². The number of hydrogen-bond donors (Lipinski definition) is 2. The first-order chi connectivity index (χ1) is 9.93. The molecule has 2 heteroatoms. The Labute approximate surface area is 127 Å². The van der Waals surface area contributed by atoms with Gasteiger partial charge in [-0.15, -0.1) is 0 Å². The number of rotatable bonds is 4. The van der Waals surface area contributed by atoms with Crippen LogP contribution in [0.5, 0.6) is 11.5 Å². The standard InChI is InChI=1S/C19H24O2/c1-5-6-14-10-17(20)19(18(21)11-14)16-9-13(4)7-8-15(16)12(2)3/h7-11,15-16,20-21H,2,5-6H2,1,3-4H3/t15-,16-/m1/s1. The minimum Gasteiger partial charge on any atom is -0.507 e. The van der Waals surface area contributed by atoms with E-state index in [1.54, 1.807) is 12.1 Å². The third-order valence-electron chi connectivity index (χ3n) is 4.03. The average molecular weight is 284 g/mol. The molecule has 2 nitrogen and oxygen atoms in total. The zero-order valence-corrected chi connectivity index (χ0v) is 13.1. The van der Waals surface area contributed by atoms with E-state index in [0.717, 1.165) is 29.6 Å². The predicted octanol–water partition coefficient (Wildman–Crippen LogP) is 4.84. The molecule has 0 amide bonds. The summed E-state index contributed by atoms with van der Waals surface area (Å²) in [4.78, 5) is 0. The lowest BCUT2D eigenvalue weighted by atomic mass is 9.77. The second-order valence-electron chi connectivity index (χ2n) is 5.97. The number of aryl methyl sites for hydroxylation is 1. The van der Waals surface area contributed by atoms with E-state index < -0.39 is 0 Å². The van der Waals surface area contributed by atoms with Gasteiger partial charge in [-0.3, -0.25) is 0 Å². The van der Waals surface area contributed by atoms with Crippen LogP contribution in [0.4, 0.5) is 0 Å². The molecule has 0 saturated carbocycles. The lowest BCUT2D eigenvalue weighted by molar-refractivity contribution is 0.426. The van der Waals surface area contributed by atoms with Gasteiger partial charge >= 0.3 is 0 Å². The molecule has 2 rings (SSSR count). The molecule has 0 heterocycles. The highest BCUT2D eigenvalue weighted by Crippen LogP contribution is 2.44. The fourth-order valence-corrected chi connectivity index (χ4v) is 3.01. The Bertz CT molecular complexity index is 585. The van der Waals surface area contributed by atoms with E-state index in [9.17, 15) is 10.2 Å². The Morgan fingerprint density at radius 2 is 1.86 bits per heavy atom. The monoisotopic (exact) mass is 284 g/mol. The first-order valence-corrected chi connectivity index (χ1v) is 7.50. The summed E-state index contributed by atoms with van der Waals surface area (Å²) in [6, 6.07) is 3.55. The van der Waals surface area contributed by atoms with E-state index in [1.165, 1.54) is 0 Å². The molecule has 0 fully saturated rings. The van der Waals surface area contributed by atoms with Gasteiger partial charge in [-0.1, -0.05) is 49.3 Å². The van der Waals surface area contributed by atoms with Crippen molar-refractivity contribution < 1.29 is 10.2 Å². The number of allylic oxidation sites excluding steroid dienone is 5. The molecule has 0 radical (unpaired) electrons. The molecule has 2 atom stereocenters. The first kappa shape index (κ1) is 15.4. The van der Waals surface area contributed by atoms with Crippen molar-refractivity contribution in [1.82, 2.24) is 0 Å². The van der Waals surface area contributed by atoms with Crippen molar-refractivity contribution in [2.24, 2.45) is 5.92 Å². The summed E-state index contributed by atoms with van der Waals surface area (Å²) in [5.41, 5.74) is 3.73. The number of benzene rings is 1. The maximum absolute atomic E-state index is 10.4. The van der Waals surface area contributed by atoms with Crippen LogP contribution in [-0.4, -0.2) is 10.2 Å². The molecule has 1 aromatic carbocycles. The Hall–Kier alpha value is -1.96. The largest absolute Gasteiger partial charge is 0.507 e. The molecule has 1 aliphatic rings. The second-order valence-corrected chi connectivity index (χ2v) is 5.97. The van der Waals surface area contributed by atoms with Gasteiger partial charge in [0, 0.05) is 17.4 Å². The van der Waals surface area contributed by atoms with Gasteiger partial charge in [-0.25, -0.2) is 0 Å². The summed E-state index contributed by atoms with van der Waals surface area (Å²) in [5.74, 6) is 0.383. The van der Waals surface area contributed by atoms with Gasteiger partial charge in [-0.05, 0) is 38.0 Å². The number of aromatic hydroxyl groups is 2. The quantitative estimate of drug-likeness (QED) is 0.776. The molecule has 0 aliphatic heterocycles. The molecule has 1 aromatic rings. The van der Waals surface area contributed by atoms with E-state index >= 15 is 0 Å². The fraction of sp³-hybridized carbons (Fsp3) is 0.368. The van der Waals surface area contributed by atoms with Gasteiger partial charge in [0.2, 0.25) is 0 Å². The van der Waals surface area contributed by atoms with E-state index in [1.807, 2.05) is 13.8 Å².